The molecule has 21 heavy (non-hydrogen) atoms. The van der Waals surface area contributed by atoms with Crippen LogP contribution in [0.3, 0.4) is 0 Å². The summed E-state index contributed by atoms with van der Waals surface area (Å²) in [6.07, 6.45) is 2.47. The van der Waals surface area contributed by atoms with Crippen LogP contribution in [0.1, 0.15) is 24.0 Å². The average molecular weight is 284 g/mol. The predicted molar refractivity (Wildman–Crippen MR) is 82.9 cm³/mol. The van der Waals surface area contributed by atoms with Gasteiger partial charge in [0.1, 0.15) is 5.75 Å². The summed E-state index contributed by atoms with van der Waals surface area (Å²) in [4.78, 5) is 4.36. The second-order valence-electron chi connectivity index (χ2n) is 5.72. The van der Waals surface area contributed by atoms with E-state index in [-0.39, 0.29) is 0 Å². The van der Waals surface area contributed by atoms with E-state index in [1.165, 1.54) is 12.8 Å². The first kappa shape index (κ1) is 13.7. The number of nitrogens with two attached hydrogens (primary N) is 1. The molecule has 4 heteroatoms. The second kappa shape index (κ2) is 5.64. The molecule has 1 heterocycles. The first-order valence-electron chi connectivity index (χ1n) is 7.25. The first-order valence-corrected chi connectivity index (χ1v) is 7.25. The second-order valence-corrected chi connectivity index (χ2v) is 5.72. The molecule has 2 N–H and O–H groups in total. The van der Waals surface area contributed by atoms with Crippen molar-refractivity contribution in [3.05, 3.63) is 41.5 Å². The number of aromatic nitrogens is 1. The summed E-state index contributed by atoms with van der Waals surface area (Å²) in [5.74, 6) is 2.40. The summed E-state index contributed by atoms with van der Waals surface area (Å²) in [6.45, 7) is 4.77. The number of benzene rings is 1. The number of hydrogen-bond donors (Lipinski definition) is 1. The lowest BCUT2D eigenvalue weighted by molar-refractivity contribution is 0.286. The van der Waals surface area contributed by atoms with Crippen molar-refractivity contribution < 1.29 is 9.47 Å². The van der Waals surface area contributed by atoms with E-state index in [4.69, 9.17) is 15.2 Å². The summed E-state index contributed by atoms with van der Waals surface area (Å²) >= 11 is 0. The maximum absolute atomic E-state index is 5.89. The Hall–Kier alpha value is -2.23. The number of ether oxygens (including phenoxy) is 2. The zero-order valence-electron chi connectivity index (χ0n) is 12.4. The van der Waals surface area contributed by atoms with Crippen molar-refractivity contribution in [2.24, 2.45) is 5.92 Å². The van der Waals surface area contributed by atoms with Gasteiger partial charge in [-0.05, 0) is 61.9 Å². The Morgan fingerprint density at radius 1 is 1.14 bits per heavy atom. The van der Waals surface area contributed by atoms with Gasteiger partial charge in [-0.25, -0.2) is 0 Å². The largest absolute Gasteiger partial charge is 0.476 e. The molecule has 0 atom stereocenters. The third kappa shape index (κ3) is 3.66. The minimum atomic E-state index is 0.462. The Labute approximate surface area is 124 Å². The van der Waals surface area contributed by atoms with Gasteiger partial charge in [0.2, 0.25) is 11.8 Å². The molecule has 0 unspecified atom stereocenters. The minimum absolute atomic E-state index is 0.462. The molecule has 1 aliphatic carbocycles. The molecule has 1 fully saturated rings. The summed E-state index contributed by atoms with van der Waals surface area (Å²) in [6, 6.07) is 9.60. The molecule has 1 aromatic heterocycles. The average Bonchev–Trinajstić information content (AvgIpc) is 3.22. The zero-order chi connectivity index (χ0) is 14.8. The van der Waals surface area contributed by atoms with E-state index in [1.54, 1.807) is 12.1 Å². The Kier molecular flexibility index (Phi) is 3.69. The van der Waals surface area contributed by atoms with E-state index in [9.17, 15) is 0 Å². The van der Waals surface area contributed by atoms with Crippen LogP contribution in [0.2, 0.25) is 0 Å². The summed E-state index contributed by atoms with van der Waals surface area (Å²) < 4.78 is 11.5. The predicted octanol–water partition coefficient (Wildman–Crippen LogP) is 3.86. The molecule has 110 valence electrons. The Morgan fingerprint density at radius 2 is 1.86 bits per heavy atom. The van der Waals surface area contributed by atoms with Gasteiger partial charge in [0, 0.05) is 6.07 Å². The molecule has 1 aliphatic rings. The van der Waals surface area contributed by atoms with Crippen molar-refractivity contribution in [3.8, 4) is 17.5 Å². The van der Waals surface area contributed by atoms with Gasteiger partial charge in [0.05, 0.1) is 12.3 Å². The molecule has 0 radical (unpaired) electrons. The fourth-order valence-electron chi connectivity index (χ4n) is 2.20. The molecule has 0 saturated heterocycles. The third-order valence-corrected chi connectivity index (χ3v) is 3.43. The summed E-state index contributed by atoms with van der Waals surface area (Å²) in [5, 5.41) is 0. The molecular formula is C17H20N2O2. The SMILES string of the molecule is Cc1cc(C)cc(Oc2ccc(N)c(OCC3CC3)n2)c1. The molecule has 0 aliphatic heterocycles. The number of rotatable bonds is 5. The number of aryl methyl sites for hydroxylation is 2. The lowest BCUT2D eigenvalue weighted by atomic mass is 10.1. The Bertz CT molecular complexity index is 631. The van der Waals surface area contributed by atoms with Gasteiger partial charge in [0.15, 0.2) is 0 Å². The van der Waals surface area contributed by atoms with Crippen LogP contribution in [-0.4, -0.2) is 11.6 Å². The van der Waals surface area contributed by atoms with Crippen LogP contribution < -0.4 is 15.2 Å². The van der Waals surface area contributed by atoms with Gasteiger partial charge in [-0.3, -0.25) is 0 Å². The van der Waals surface area contributed by atoms with Gasteiger partial charge >= 0.3 is 0 Å². The minimum Gasteiger partial charge on any atom is -0.476 e. The standard InChI is InChI=1S/C17H20N2O2/c1-11-7-12(2)9-14(8-11)21-16-6-5-15(18)17(19-16)20-10-13-3-4-13/h5-9,13H,3-4,10,18H2,1-2H3. The van der Waals surface area contributed by atoms with Crippen molar-refractivity contribution in [3.63, 3.8) is 0 Å². The maximum atomic E-state index is 5.89. The van der Waals surface area contributed by atoms with Crippen LogP contribution in [0.5, 0.6) is 17.5 Å². The molecule has 1 aromatic carbocycles. The van der Waals surface area contributed by atoms with E-state index >= 15 is 0 Å². The van der Waals surface area contributed by atoms with Crippen molar-refractivity contribution in [1.29, 1.82) is 0 Å². The quantitative estimate of drug-likeness (QED) is 0.905. The zero-order valence-corrected chi connectivity index (χ0v) is 12.4. The Balaban J connectivity index is 1.76. The number of pyridine rings is 1. The third-order valence-electron chi connectivity index (χ3n) is 3.43. The van der Waals surface area contributed by atoms with Crippen LogP contribution in [-0.2, 0) is 0 Å². The van der Waals surface area contributed by atoms with Gasteiger partial charge in [-0.15, -0.1) is 0 Å². The molecule has 0 spiro atoms. The Morgan fingerprint density at radius 3 is 2.52 bits per heavy atom. The fourth-order valence-corrected chi connectivity index (χ4v) is 2.20. The van der Waals surface area contributed by atoms with Gasteiger partial charge < -0.3 is 15.2 Å². The van der Waals surface area contributed by atoms with Crippen LogP contribution >= 0.6 is 0 Å². The van der Waals surface area contributed by atoms with E-state index < -0.39 is 0 Å². The highest BCUT2D eigenvalue weighted by Gasteiger charge is 2.22. The van der Waals surface area contributed by atoms with Gasteiger partial charge in [0.25, 0.3) is 0 Å². The molecule has 1 saturated carbocycles. The highest BCUT2D eigenvalue weighted by molar-refractivity contribution is 5.50. The smallest absolute Gasteiger partial charge is 0.240 e. The van der Waals surface area contributed by atoms with Crippen molar-refractivity contribution in [1.82, 2.24) is 4.98 Å². The van der Waals surface area contributed by atoms with Gasteiger partial charge in [-0.2, -0.15) is 4.98 Å². The van der Waals surface area contributed by atoms with E-state index in [1.807, 2.05) is 26.0 Å². The first-order chi connectivity index (χ1) is 10.1. The fraction of sp³-hybridized carbons (Fsp3) is 0.353. The van der Waals surface area contributed by atoms with Crippen LogP contribution in [0.4, 0.5) is 5.69 Å². The maximum Gasteiger partial charge on any atom is 0.240 e. The summed E-state index contributed by atoms with van der Waals surface area (Å²) in [7, 11) is 0. The number of nitrogens with zero attached hydrogens (tertiary/aromatic N) is 1. The van der Waals surface area contributed by atoms with Crippen molar-refractivity contribution >= 4 is 5.69 Å². The highest BCUT2D eigenvalue weighted by Crippen LogP contribution is 2.31. The normalized spacial score (nSPS) is 14.0. The van der Waals surface area contributed by atoms with Crippen molar-refractivity contribution in [2.75, 3.05) is 12.3 Å². The number of anilines is 1. The topological polar surface area (TPSA) is 57.4 Å². The lowest BCUT2D eigenvalue weighted by Crippen LogP contribution is -2.04. The molecule has 2 aromatic rings. The molecule has 0 bridgehead atoms. The van der Waals surface area contributed by atoms with Crippen LogP contribution in [0.15, 0.2) is 30.3 Å². The number of hydrogen-bond acceptors (Lipinski definition) is 4. The molecular weight excluding hydrogens is 264 g/mol. The monoisotopic (exact) mass is 284 g/mol. The van der Waals surface area contributed by atoms with Gasteiger partial charge in [-0.1, -0.05) is 6.07 Å². The van der Waals surface area contributed by atoms with E-state index in [2.05, 4.69) is 11.1 Å². The molecule has 0 amide bonds. The molecule has 3 rings (SSSR count). The lowest BCUT2D eigenvalue weighted by Gasteiger charge is -2.11. The summed E-state index contributed by atoms with van der Waals surface area (Å²) in [5.41, 5.74) is 8.76. The number of nitrogen functional groups attached to an aromatic ring is 1. The van der Waals surface area contributed by atoms with E-state index in [0.717, 1.165) is 16.9 Å². The van der Waals surface area contributed by atoms with Crippen molar-refractivity contribution in [2.45, 2.75) is 26.7 Å². The molecule has 4 nitrogen and oxygen atoms in total. The highest BCUT2D eigenvalue weighted by atomic mass is 16.5. The van der Waals surface area contributed by atoms with Crippen LogP contribution in [0.25, 0.3) is 0 Å². The van der Waals surface area contributed by atoms with Crippen LogP contribution in [0, 0.1) is 19.8 Å². The van der Waals surface area contributed by atoms with E-state index in [0.29, 0.717) is 30.0 Å².